The van der Waals surface area contributed by atoms with E-state index < -0.39 is 0 Å². The molecule has 5 heteroatoms. The molecular weight excluding hydrogens is 379 g/mol. The SMILES string of the molecule is Cc1ccc(OCC(=O)N/N=C\c2ccc(I)cc2)cc1. The molecule has 0 spiro atoms. The largest absolute Gasteiger partial charge is 0.484 e. The zero-order chi connectivity index (χ0) is 15.1. The Balaban J connectivity index is 1.77. The number of hydrazone groups is 1. The number of ether oxygens (including phenoxy) is 1. The monoisotopic (exact) mass is 394 g/mol. The quantitative estimate of drug-likeness (QED) is 0.481. The van der Waals surface area contributed by atoms with Crippen molar-refractivity contribution >= 4 is 34.7 Å². The lowest BCUT2D eigenvalue weighted by atomic mass is 10.2. The molecule has 0 fully saturated rings. The Kier molecular flexibility index (Phi) is 5.74. The molecule has 0 aromatic heterocycles. The normalized spacial score (nSPS) is 10.6. The van der Waals surface area contributed by atoms with E-state index in [2.05, 4.69) is 33.1 Å². The number of hydrogen-bond acceptors (Lipinski definition) is 3. The van der Waals surface area contributed by atoms with Gasteiger partial charge in [0.15, 0.2) is 6.61 Å². The van der Waals surface area contributed by atoms with Gasteiger partial charge in [-0.15, -0.1) is 0 Å². The first kappa shape index (κ1) is 15.5. The van der Waals surface area contributed by atoms with Crippen molar-refractivity contribution in [3.05, 3.63) is 63.2 Å². The lowest BCUT2D eigenvalue weighted by Crippen LogP contribution is -2.24. The maximum atomic E-state index is 11.6. The molecule has 0 saturated heterocycles. The molecule has 1 N–H and O–H groups in total. The first-order valence-electron chi connectivity index (χ1n) is 6.40. The number of amides is 1. The van der Waals surface area contributed by atoms with Gasteiger partial charge in [0.1, 0.15) is 5.75 Å². The standard InChI is InChI=1S/C16H15IN2O2/c1-12-2-8-15(9-3-12)21-11-16(20)19-18-10-13-4-6-14(17)7-5-13/h2-10H,11H2,1H3,(H,19,20)/b18-10-. The summed E-state index contributed by atoms with van der Waals surface area (Å²) in [6.07, 6.45) is 1.60. The minimum Gasteiger partial charge on any atom is -0.484 e. The third-order valence-electron chi connectivity index (χ3n) is 2.66. The van der Waals surface area contributed by atoms with Crippen LogP contribution in [-0.2, 0) is 4.79 Å². The van der Waals surface area contributed by atoms with Crippen molar-refractivity contribution in [1.82, 2.24) is 5.43 Å². The summed E-state index contributed by atoms with van der Waals surface area (Å²) in [5.74, 6) is 0.370. The summed E-state index contributed by atoms with van der Waals surface area (Å²) in [5, 5.41) is 3.89. The van der Waals surface area contributed by atoms with Crippen LogP contribution in [0.5, 0.6) is 5.75 Å². The number of benzene rings is 2. The van der Waals surface area contributed by atoms with Crippen LogP contribution in [0.1, 0.15) is 11.1 Å². The summed E-state index contributed by atoms with van der Waals surface area (Å²) in [6.45, 7) is 1.93. The highest BCUT2D eigenvalue weighted by atomic mass is 127. The van der Waals surface area contributed by atoms with Crippen molar-refractivity contribution in [2.24, 2.45) is 5.10 Å². The van der Waals surface area contributed by atoms with Gasteiger partial charge >= 0.3 is 0 Å². The molecule has 2 rings (SSSR count). The first-order valence-corrected chi connectivity index (χ1v) is 7.48. The van der Waals surface area contributed by atoms with Gasteiger partial charge in [-0.25, -0.2) is 5.43 Å². The van der Waals surface area contributed by atoms with E-state index in [1.165, 1.54) is 0 Å². The summed E-state index contributed by atoms with van der Waals surface area (Å²) >= 11 is 2.23. The van der Waals surface area contributed by atoms with E-state index in [9.17, 15) is 4.79 Å². The Labute approximate surface area is 137 Å². The van der Waals surface area contributed by atoms with Gasteiger partial charge < -0.3 is 4.74 Å². The number of carbonyl (C=O) groups is 1. The lowest BCUT2D eigenvalue weighted by molar-refractivity contribution is -0.123. The minimum absolute atomic E-state index is 0.0624. The number of hydrogen-bond donors (Lipinski definition) is 1. The highest BCUT2D eigenvalue weighted by molar-refractivity contribution is 14.1. The molecule has 0 radical (unpaired) electrons. The zero-order valence-electron chi connectivity index (χ0n) is 11.5. The molecule has 0 heterocycles. The maximum absolute atomic E-state index is 11.6. The van der Waals surface area contributed by atoms with E-state index in [-0.39, 0.29) is 12.5 Å². The first-order chi connectivity index (χ1) is 10.1. The third kappa shape index (κ3) is 5.55. The molecule has 2 aromatic carbocycles. The van der Waals surface area contributed by atoms with Crippen molar-refractivity contribution in [3.63, 3.8) is 0 Å². The zero-order valence-corrected chi connectivity index (χ0v) is 13.7. The number of nitrogens with one attached hydrogen (secondary N) is 1. The van der Waals surface area contributed by atoms with Crippen LogP contribution in [0.15, 0.2) is 53.6 Å². The number of halogens is 1. The summed E-state index contributed by atoms with van der Waals surface area (Å²) in [5.41, 5.74) is 4.50. The second kappa shape index (κ2) is 7.78. The van der Waals surface area contributed by atoms with Gasteiger partial charge in [0.25, 0.3) is 5.91 Å². The fourth-order valence-electron chi connectivity index (χ4n) is 1.54. The lowest BCUT2D eigenvalue weighted by Gasteiger charge is -2.04. The van der Waals surface area contributed by atoms with Gasteiger partial charge in [-0.3, -0.25) is 4.79 Å². The molecule has 0 aliphatic rings. The minimum atomic E-state index is -0.294. The molecule has 0 unspecified atom stereocenters. The highest BCUT2D eigenvalue weighted by Gasteiger charge is 2.00. The van der Waals surface area contributed by atoms with E-state index in [1.54, 1.807) is 6.21 Å². The fraction of sp³-hybridized carbons (Fsp3) is 0.125. The Bertz CT molecular complexity index is 622. The van der Waals surface area contributed by atoms with Crippen LogP contribution in [0, 0.1) is 10.5 Å². The fourth-order valence-corrected chi connectivity index (χ4v) is 1.90. The van der Waals surface area contributed by atoms with Gasteiger partial charge in [-0.1, -0.05) is 29.8 Å². The topological polar surface area (TPSA) is 50.7 Å². The van der Waals surface area contributed by atoms with Crippen LogP contribution in [-0.4, -0.2) is 18.7 Å². The Morgan fingerprint density at radius 1 is 1.19 bits per heavy atom. The average molecular weight is 394 g/mol. The van der Waals surface area contributed by atoms with Crippen LogP contribution < -0.4 is 10.2 Å². The molecule has 0 saturated carbocycles. The number of carbonyl (C=O) groups excluding carboxylic acids is 1. The van der Waals surface area contributed by atoms with Crippen molar-refractivity contribution in [2.75, 3.05) is 6.61 Å². The molecule has 4 nitrogen and oxygen atoms in total. The van der Waals surface area contributed by atoms with Gasteiger partial charge in [0, 0.05) is 3.57 Å². The average Bonchev–Trinajstić information content (AvgIpc) is 2.49. The van der Waals surface area contributed by atoms with E-state index in [0.29, 0.717) is 5.75 Å². The molecule has 2 aromatic rings. The van der Waals surface area contributed by atoms with Crippen LogP contribution in [0.3, 0.4) is 0 Å². The second-order valence-corrected chi connectivity index (χ2v) is 5.69. The molecule has 0 bridgehead atoms. The Morgan fingerprint density at radius 3 is 2.52 bits per heavy atom. The van der Waals surface area contributed by atoms with Crippen molar-refractivity contribution in [2.45, 2.75) is 6.92 Å². The van der Waals surface area contributed by atoms with E-state index >= 15 is 0 Å². The predicted molar refractivity (Wildman–Crippen MR) is 91.6 cm³/mol. The van der Waals surface area contributed by atoms with Gasteiger partial charge in [-0.05, 0) is 59.3 Å². The second-order valence-electron chi connectivity index (χ2n) is 4.45. The molecule has 0 atom stereocenters. The van der Waals surface area contributed by atoms with Crippen molar-refractivity contribution in [1.29, 1.82) is 0 Å². The Morgan fingerprint density at radius 2 is 1.86 bits per heavy atom. The molecule has 0 aliphatic heterocycles. The van der Waals surface area contributed by atoms with Crippen molar-refractivity contribution in [3.8, 4) is 5.75 Å². The summed E-state index contributed by atoms with van der Waals surface area (Å²) in [6, 6.07) is 15.3. The summed E-state index contributed by atoms with van der Waals surface area (Å²) in [4.78, 5) is 11.6. The van der Waals surface area contributed by atoms with Crippen molar-refractivity contribution < 1.29 is 9.53 Å². The molecule has 108 valence electrons. The summed E-state index contributed by atoms with van der Waals surface area (Å²) in [7, 11) is 0. The predicted octanol–water partition coefficient (Wildman–Crippen LogP) is 3.13. The molecule has 21 heavy (non-hydrogen) atoms. The number of nitrogens with zero attached hydrogens (tertiary/aromatic N) is 1. The van der Waals surface area contributed by atoms with Crippen LogP contribution in [0.25, 0.3) is 0 Å². The highest BCUT2D eigenvalue weighted by Crippen LogP contribution is 2.10. The van der Waals surface area contributed by atoms with Gasteiger partial charge in [-0.2, -0.15) is 5.10 Å². The van der Waals surface area contributed by atoms with E-state index in [1.807, 2.05) is 55.5 Å². The Hall–Kier alpha value is -1.89. The molecular formula is C16H15IN2O2. The van der Waals surface area contributed by atoms with Crippen LogP contribution in [0.2, 0.25) is 0 Å². The number of rotatable bonds is 5. The smallest absolute Gasteiger partial charge is 0.277 e. The van der Waals surface area contributed by atoms with Gasteiger partial charge in [0.2, 0.25) is 0 Å². The van der Waals surface area contributed by atoms with Gasteiger partial charge in [0.05, 0.1) is 6.21 Å². The van der Waals surface area contributed by atoms with Crippen LogP contribution >= 0.6 is 22.6 Å². The maximum Gasteiger partial charge on any atom is 0.277 e. The van der Waals surface area contributed by atoms with E-state index in [4.69, 9.17) is 4.74 Å². The molecule has 1 amide bonds. The molecule has 0 aliphatic carbocycles. The number of aryl methyl sites for hydroxylation is 1. The van der Waals surface area contributed by atoms with Crippen LogP contribution in [0.4, 0.5) is 0 Å². The van der Waals surface area contributed by atoms with E-state index in [0.717, 1.165) is 14.7 Å². The summed E-state index contributed by atoms with van der Waals surface area (Å²) < 4.78 is 6.51. The third-order valence-corrected chi connectivity index (χ3v) is 3.38.